The van der Waals surface area contributed by atoms with Gasteiger partial charge in [0.05, 0.1) is 18.8 Å². The number of cyclic esters (lactones) is 1. The van der Waals surface area contributed by atoms with E-state index in [1.807, 2.05) is 58.9 Å². The Kier molecular flexibility index (Phi) is 6.40. The molecule has 0 bridgehead atoms. The van der Waals surface area contributed by atoms with Crippen molar-refractivity contribution in [2.24, 2.45) is 5.92 Å². The Morgan fingerprint density at radius 2 is 1.91 bits per heavy atom. The maximum absolute atomic E-state index is 13.3. The number of benzene rings is 1. The maximum atomic E-state index is 13.3. The number of aryl methyl sites for hydroxylation is 1. The van der Waals surface area contributed by atoms with Crippen molar-refractivity contribution in [1.82, 2.24) is 0 Å². The number of hydrogen-bond acceptors (Lipinski definition) is 7. The lowest BCUT2D eigenvalue weighted by Gasteiger charge is -2.22. The van der Waals surface area contributed by atoms with Gasteiger partial charge >= 0.3 is 5.97 Å². The fourth-order valence-electron chi connectivity index (χ4n) is 4.41. The highest BCUT2D eigenvalue weighted by Crippen LogP contribution is 2.36. The van der Waals surface area contributed by atoms with E-state index in [1.165, 1.54) is 7.11 Å². The molecule has 0 radical (unpaired) electrons. The molecule has 1 aromatic heterocycles. The van der Waals surface area contributed by atoms with Gasteiger partial charge in [-0.2, -0.15) is 0 Å². The summed E-state index contributed by atoms with van der Waals surface area (Å²) in [7, 11) is 1.54. The summed E-state index contributed by atoms with van der Waals surface area (Å²) in [4.78, 5) is 13.3. The molecule has 5 atom stereocenters. The highest BCUT2D eigenvalue weighted by Gasteiger charge is 2.43. The van der Waals surface area contributed by atoms with E-state index >= 15 is 0 Å². The maximum Gasteiger partial charge on any atom is 0.339 e. The Morgan fingerprint density at radius 3 is 2.64 bits per heavy atom. The van der Waals surface area contributed by atoms with Crippen molar-refractivity contribution >= 4 is 23.0 Å². The summed E-state index contributed by atoms with van der Waals surface area (Å²) in [5.41, 5.74) is 2.56. The molecule has 1 unspecified atom stereocenters. The van der Waals surface area contributed by atoms with E-state index in [2.05, 4.69) is 0 Å². The number of rotatable bonds is 1. The van der Waals surface area contributed by atoms with Crippen LogP contribution in [0.25, 0.3) is 17.0 Å². The number of aliphatic hydroxyl groups is 1. The molecular formula is C26H32O7. The summed E-state index contributed by atoms with van der Waals surface area (Å²) in [6.45, 7) is 9.33. The minimum absolute atomic E-state index is 0.114. The zero-order valence-electron chi connectivity index (χ0n) is 20.0. The first-order valence-corrected chi connectivity index (χ1v) is 11.3. The van der Waals surface area contributed by atoms with Crippen LogP contribution in [0.3, 0.4) is 0 Å². The lowest BCUT2D eigenvalue weighted by atomic mass is 9.95. The van der Waals surface area contributed by atoms with Crippen LogP contribution in [0.1, 0.15) is 55.6 Å². The van der Waals surface area contributed by atoms with Crippen molar-refractivity contribution in [1.29, 1.82) is 0 Å². The molecule has 7 nitrogen and oxygen atoms in total. The van der Waals surface area contributed by atoms with Crippen molar-refractivity contribution in [3.8, 4) is 5.95 Å². The smallest absolute Gasteiger partial charge is 0.339 e. The Morgan fingerprint density at radius 1 is 1.15 bits per heavy atom. The molecule has 1 aromatic carbocycles. The van der Waals surface area contributed by atoms with Gasteiger partial charge in [0.15, 0.2) is 5.79 Å². The average Bonchev–Trinajstić information content (AvgIpc) is 3.30. The fourth-order valence-corrected chi connectivity index (χ4v) is 4.41. The lowest BCUT2D eigenvalue weighted by molar-refractivity contribution is -0.152. The van der Waals surface area contributed by atoms with E-state index in [-0.39, 0.29) is 12.0 Å². The van der Waals surface area contributed by atoms with Crippen LogP contribution < -0.4 is 4.74 Å². The minimum atomic E-state index is -0.849. The van der Waals surface area contributed by atoms with E-state index in [0.29, 0.717) is 29.1 Å². The molecule has 33 heavy (non-hydrogen) atoms. The molecule has 4 rings (SSSR count). The monoisotopic (exact) mass is 456 g/mol. The number of hydrogen-bond donors (Lipinski definition) is 1. The first-order chi connectivity index (χ1) is 15.6. The Labute approximate surface area is 193 Å². The van der Waals surface area contributed by atoms with Crippen LogP contribution in [-0.4, -0.2) is 48.4 Å². The second-order valence-electron chi connectivity index (χ2n) is 9.29. The van der Waals surface area contributed by atoms with Gasteiger partial charge in [-0.25, -0.2) is 4.79 Å². The molecule has 2 aromatic rings. The summed E-state index contributed by atoms with van der Waals surface area (Å²) < 4.78 is 28.9. The summed E-state index contributed by atoms with van der Waals surface area (Å²) in [6.07, 6.45) is 5.75. The van der Waals surface area contributed by atoms with Crippen molar-refractivity contribution in [2.75, 3.05) is 7.11 Å². The van der Waals surface area contributed by atoms with E-state index in [4.69, 9.17) is 23.4 Å². The third-order valence-electron chi connectivity index (χ3n) is 6.30. The molecule has 2 aliphatic heterocycles. The van der Waals surface area contributed by atoms with E-state index in [0.717, 1.165) is 10.9 Å². The molecule has 3 heterocycles. The average molecular weight is 457 g/mol. The molecule has 1 saturated heterocycles. The van der Waals surface area contributed by atoms with Gasteiger partial charge in [0.25, 0.3) is 5.95 Å². The normalized spacial score (nSPS) is 31.8. The second kappa shape index (κ2) is 8.97. The predicted octanol–water partition coefficient (Wildman–Crippen LogP) is 4.79. The van der Waals surface area contributed by atoms with Crippen LogP contribution in [0, 0.1) is 12.8 Å². The number of aliphatic hydroxyl groups excluding tert-OH is 1. The van der Waals surface area contributed by atoms with Crippen LogP contribution in [0.15, 0.2) is 34.8 Å². The van der Waals surface area contributed by atoms with E-state index < -0.39 is 30.1 Å². The summed E-state index contributed by atoms with van der Waals surface area (Å²) in [5.74, 6) is -0.955. The van der Waals surface area contributed by atoms with Crippen LogP contribution in [-0.2, 0) is 14.2 Å². The molecular weight excluding hydrogens is 424 g/mol. The molecule has 178 valence electrons. The second-order valence-corrected chi connectivity index (χ2v) is 9.29. The van der Waals surface area contributed by atoms with Gasteiger partial charge in [-0.1, -0.05) is 31.2 Å². The number of carbonyl (C=O) groups is 1. The van der Waals surface area contributed by atoms with Crippen LogP contribution in [0.2, 0.25) is 0 Å². The number of methoxy groups -OCH3 is 1. The Balaban J connectivity index is 1.83. The third-order valence-corrected chi connectivity index (χ3v) is 6.30. The lowest BCUT2D eigenvalue weighted by Crippen LogP contribution is -2.34. The highest BCUT2D eigenvalue weighted by molar-refractivity contribution is 6.03. The highest BCUT2D eigenvalue weighted by atomic mass is 16.8. The number of fused-ring (bicyclic) bond motifs is 4. The minimum Gasteiger partial charge on any atom is -0.468 e. The topological polar surface area (TPSA) is 87.4 Å². The third kappa shape index (κ3) is 4.71. The number of carbonyl (C=O) groups excluding carboxylic acids is 1. The summed E-state index contributed by atoms with van der Waals surface area (Å²) >= 11 is 0. The van der Waals surface area contributed by atoms with Crippen molar-refractivity contribution in [3.05, 3.63) is 47.1 Å². The predicted molar refractivity (Wildman–Crippen MR) is 124 cm³/mol. The molecule has 0 saturated carbocycles. The van der Waals surface area contributed by atoms with E-state index in [9.17, 15) is 9.90 Å². The van der Waals surface area contributed by atoms with E-state index in [1.54, 1.807) is 12.1 Å². The number of esters is 1. The molecule has 0 aliphatic carbocycles. The van der Waals surface area contributed by atoms with Crippen LogP contribution >= 0.6 is 0 Å². The molecule has 2 aliphatic rings. The molecule has 1 N–H and O–H groups in total. The first kappa shape index (κ1) is 23.5. The van der Waals surface area contributed by atoms with Gasteiger partial charge in [-0.3, -0.25) is 0 Å². The SMILES string of the molecule is COc1cc2c3c(c(C)cc2o1)C(=O)O[C@@H](C)[C@H](C)/C=C\C(O)[C@H]1OC(C)(C)O[C@H]1C/C=C/3. The molecule has 0 spiro atoms. The molecule has 0 amide bonds. The van der Waals surface area contributed by atoms with Gasteiger partial charge < -0.3 is 28.5 Å². The van der Waals surface area contributed by atoms with Crippen molar-refractivity contribution in [2.45, 2.75) is 71.2 Å². The van der Waals surface area contributed by atoms with Gasteiger partial charge in [0.2, 0.25) is 0 Å². The zero-order chi connectivity index (χ0) is 23.9. The standard InChI is InChI=1S/C26H32O7/c1-14-10-11-19(27)24-20(32-26(4,5)33-24)9-7-8-17-18-13-22(29-6)31-21(18)12-15(2)23(17)25(28)30-16(14)3/h7-8,10-14,16,19-20,24,27H,9H2,1-6H3/b8-7+,11-10-/t14-,16+,19?,20+,24-/m1/s1. The zero-order valence-corrected chi connectivity index (χ0v) is 20.0. The van der Waals surface area contributed by atoms with Crippen molar-refractivity contribution < 1.29 is 33.3 Å². The van der Waals surface area contributed by atoms with Gasteiger partial charge in [0.1, 0.15) is 23.9 Å². The van der Waals surface area contributed by atoms with Gasteiger partial charge in [0, 0.05) is 22.9 Å². The summed E-state index contributed by atoms with van der Waals surface area (Å²) in [5, 5.41) is 11.6. The first-order valence-electron chi connectivity index (χ1n) is 11.3. The Bertz CT molecular complexity index is 1090. The quantitative estimate of drug-likeness (QED) is 0.488. The number of furan rings is 1. The fraction of sp³-hybridized carbons (Fsp3) is 0.500. The number of ether oxygens (including phenoxy) is 4. The largest absolute Gasteiger partial charge is 0.468 e. The van der Waals surface area contributed by atoms with Gasteiger partial charge in [-0.15, -0.1) is 0 Å². The molecule has 7 heteroatoms. The Hall–Kier alpha value is -2.61. The van der Waals surface area contributed by atoms with Crippen LogP contribution in [0.5, 0.6) is 5.95 Å². The molecule has 1 fully saturated rings. The van der Waals surface area contributed by atoms with Crippen LogP contribution in [0.4, 0.5) is 0 Å². The van der Waals surface area contributed by atoms with Crippen molar-refractivity contribution in [3.63, 3.8) is 0 Å². The summed E-state index contributed by atoms with van der Waals surface area (Å²) in [6, 6.07) is 3.60. The van der Waals surface area contributed by atoms with Gasteiger partial charge in [-0.05, 0) is 45.7 Å².